The standard InChI is InChI=1S/C25H19NO/c27-21-14-12-19(13-15-21)20-7-5-6-18(16-20)17-26-24-10-3-1-8-22(24)23-9-2-4-11-25(23)26/h1-16,27H,17H2. The summed E-state index contributed by atoms with van der Waals surface area (Å²) in [5.74, 6) is 0.292. The Labute approximate surface area is 157 Å². The zero-order chi connectivity index (χ0) is 18.2. The van der Waals surface area contributed by atoms with Crippen LogP contribution in [-0.4, -0.2) is 9.67 Å². The van der Waals surface area contributed by atoms with Gasteiger partial charge in [-0.3, -0.25) is 0 Å². The Morgan fingerprint density at radius 1 is 0.593 bits per heavy atom. The highest BCUT2D eigenvalue weighted by Gasteiger charge is 2.10. The number of benzene rings is 4. The molecule has 0 atom stereocenters. The van der Waals surface area contributed by atoms with Crippen molar-refractivity contribution in [3.8, 4) is 16.9 Å². The molecule has 0 aliphatic rings. The molecule has 130 valence electrons. The van der Waals surface area contributed by atoms with E-state index in [4.69, 9.17) is 0 Å². The van der Waals surface area contributed by atoms with Gasteiger partial charge in [-0.25, -0.2) is 0 Å². The van der Waals surface area contributed by atoms with Gasteiger partial charge in [0.1, 0.15) is 5.75 Å². The van der Waals surface area contributed by atoms with E-state index in [1.165, 1.54) is 27.4 Å². The van der Waals surface area contributed by atoms with Crippen molar-refractivity contribution in [3.63, 3.8) is 0 Å². The molecule has 4 aromatic carbocycles. The minimum Gasteiger partial charge on any atom is -0.508 e. The average molecular weight is 349 g/mol. The number of phenols is 1. The van der Waals surface area contributed by atoms with E-state index in [1.807, 2.05) is 12.1 Å². The summed E-state index contributed by atoms with van der Waals surface area (Å²) in [4.78, 5) is 0. The average Bonchev–Trinajstić information content (AvgIpc) is 3.03. The van der Waals surface area contributed by atoms with Gasteiger partial charge in [0.2, 0.25) is 0 Å². The molecule has 0 spiro atoms. The van der Waals surface area contributed by atoms with Gasteiger partial charge < -0.3 is 9.67 Å². The SMILES string of the molecule is Oc1ccc(-c2cccc(Cn3c4ccccc4c4ccccc43)c2)cc1. The second kappa shape index (κ2) is 6.33. The van der Waals surface area contributed by atoms with Gasteiger partial charge in [-0.05, 0) is 47.0 Å². The van der Waals surface area contributed by atoms with Crippen LogP contribution in [0.1, 0.15) is 5.56 Å². The van der Waals surface area contributed by atoms with Crippen molar-refractivity contribution in [2.75, 3.05) is 0 Å². The fraction of sp³-hybridized carbons (Fsp3) is 0.0400. The maximum Gasteiger partial charge on any atom is 0.115 e. The van der Waals surface area contributed by atoms with Crippen LogP contribution in [0.3, 0.4) is 0 Å². The lowest BCUT2D eigenvalue weighted by Crippen LogP contribution is -1.99. The number of phenolic OH excluding ortho intramolecular Hbond substituents is 1. The van der Waals surface area contributed by atoms with Crippen LogP contribution in [0, 0.1) is 0 Å². The van der Waals surface area contributed by atoms with Crippen LogP contribution in [-0.2, 0) is 6.54 Å². The molecule has 0 unspecified atom stereocenters. The van der Waals surface area contributed by atoms with Crippen LogP contribution >= 0.6 is 0 Å². The minimum atomic E-state index is 0.292. The molecule has 0 amide bonds. The molecule has 27 heavy (non-hydrogen) atoms. The Morgan fingerprint density at radius 2 is 1.22 bits per heavy atom. The zero-order valence-electron chi connectivity index (χ0n) is 14.8. The highest BCUT2D eigenvalue weighted by Crippen LogP contribution is 2.30. The van der Waals surface area contributed by atoms with Crippen molar-refractivity contribution in [1.82, 2.24) is 4.57 Å². The third-order valence-electron chi connectivity index (χ3n) is 5.15. The number of fused-ring (bicyclic) bond motifs is 3. The summed E-state index contributed by atoms with van der Waals surface area (Å²) in [6.07, 6.45) is 0. The van der Waals surface area contributed by atoms with Crippen molar-refractivity contribution < 1.29 is 5.11 Å². The van der Waals surface area contributed by atoms with E-state index in [1.54, 1.807) is 12.1 Å². The number of aromatic hydroxyl groups is 1. The largest absolute Gasteiger partial charge is 0.508 e. The van der Waals surface area contributed by atoms with E-state index >= 15 is 0 Å². The van der Waals surface area contributed by atoms with E-state index in [0.717, 1.165) is 17.7 Å². The second-order valence-corrected chi connectivity index (χ2v) is 6.87. The third kappa shape index (κ3) is 2.76. The first kappa shape index (κ1) is 15.7. The van der Waals surface area contributed by atoms with Crippen LogP contribution in [0.5, 0.6) is 5.75 Å². The summed E-state index contributed by atoms with van der Waals surface area (Å²) in [6, 6.07) is 33.2. The van der Waals surface area contributed by atoms with E-state index < -0.39 is 0 Å². The maximum atomic E-state index is 9.53. The number of hydrogen-bond donors (Lipinski definition) is 1. The quantitative estimate of drug-likeness (QED) is 0.411. The summed E-state index contributed by atoms with van der Waals surface area (Å²) < 4.78 is 2.39. The summed E-state index contributed by atoms with van der Waals surface area (Å²) in [5, 5.41) is 12.1. The van der Waals surface area contributed by atoms with Crippen molar-refractivity contribution in [1.29, 1.82) is 0 Å². The fourth-order valence-electron chi connectivity index (χ4n) is 3.86. The molecule has 0 aliphatic heterocycles. The fourth-order valence-corrected chi connectivity index (χ4v) is 3.86. The van der Waals surface area contributed by atoms with Crippen molar-refractivity contribution in [2.45, 2.75) is 6.54 Å². The van der Waals surface area contributed by atoms with E-state index in [0.29, 0.717) is 5.75 Å². The predicted octanol–water partition coefficient (Wildman–Crippen LogP) is 6.22. The first-order valence-electron chi connectivity index (χ1n) is 9.14. The van der Waals surface area contributed by atoms with Gasteiger partial charge in [-0.15, -0.1) is 0 Å². The van der Waals surface area contributed by atoms with Gasteiger partial charge in [-0.1, -0.05) is 66.7 Å². The molecule has 1 N–H and O–H groups in total. The first-order valence-corrected chi connectivity index (χ1v) is 9.14. The van der Waals surface area contributed by atoms with Gasteiger partial charge in [0.15, 0.2) is 0 Å². The first-order chi connectivity index (χ1) is 13.3. The molecule has 5 rings (SSSR count). The Kier molecular flexibility index (Phi) is 3.68. The van der Waals surface area contributed by atoms with Crippen molar-refractivity contribution >= 4 is 21.8 Å². The smallest absolute Gasteiger partial charge is 0.115 e. The lowest BCUT2D eigenvalue weighted by molar-refractivity contribution is 0.475. The molecule has 2 nitrogen and oxygen atoms in total. The normalized spacial score (nSPS) is 11.3. The Morgan fingerprint density at radius 3 is 1.89 bits per heavy atom. The number of aromatic nitrogens is 1. The van der Waals surface area contributed by atoms with Gasteiger partial charge >= 0.3 is 0 Å². The monoisotopic (exact) mass is 349 g/mol. The number of hydrogen-bond acceptors (Lipinski definition) is 1. The Bertz CT molecular complexity index is 1200. The topological polar surface area (TPSA) is 25.2 Å². The van der Waals surface area contributed by atoms with Crippen LogP contribution in [0.15, 0.2) is 97.1 Å². The number of nitrogens with zero attached hydrogens (tertiary/aromatic N) is 1. The van der Waals surface area contributed by atoms with E-state index in [2.05, 4.69) is 77.4 Å². The van der Waals surface area contributed by atoms with Crippen LogP contribution in [0.4, 0.5) is 0 Å². The van der Waals surface area contributed by atoms with Crippen LogP contribution in [0.25, 0.3) is 32.9 Å². The molecule has 2 heteroatoms. The lowest BCUT2D eigenvalue weighted by atomic mass is 10.0. The molecule has 0 saturated carbocycles. The van der Waals surface area contributed by atoms with Crippen molar-refractivity contribution in [3.05, 3.63) is 103 Å². The van der Waals surface area contributed by atoms with Gasteiger partial charge in [-0.2, -0.15) is 0 Å². The van der Waals surface area contributed by atoms with Gasteiger partial charge in [0.25, 0.3) is 0 Å². The minimum absolute atomic E-state index is 0.292. The summed E-state index contributed by atoms with van der Waals surface area (Å²) in [5.41, 5.74) is 6.04. The van der Waals surface area contributed by atoms with E-state index in [9.17, 15) is 5.11 Å². The molecule has 0 radical (unpaired) electrons. The Balaban J connectivity index is 1.61. The highest BCUT2D eigenvalue weighted by atomic mass is 16.3. The van der Waals surface area contributed by atoms with Crippen LogP contribution in [0.2, 0.25) is 0 Å². The highest BCUT2D eigenvalue weighted by molar-refractivity contribution is 6.08. The molecule has 0 aliphatic carbocycles. The molecular weight excluding hydrogens is 330 g/mol. The summed E-state index contributed by atoms with van der Waals surface area (Å²) in [6.45, 7) is 0.819. The molecule has 5 aromatic rings. The molecule has 1 aromatic heterocycles. The van der Waals surface area contributed by atoms with Crippen LogP contribution < -0.4 is 0 Å². The maximum absolute atomic E-state index is 9.53. The molecule has 0 saturated heterocycles. The predicted molar refractivity (Wildman–Crippen MR) is 112 cm³/mol. The molecule has 1 heterocycles. The number of para-hydroxylation sites is 2. The number of rotatable bonds is 3. The summed E-state index contributed by atoms with van der Waals surface area (Å²) >= 11 is 0. The summed E-state index contributed by atoms with van der Waals surface area (Å²) in [7, 11) is 0. The second-order valence-electron chi connectivity index (χ2n) is 6.87. The lowest BCUT2D eigenvalue weighted by Gasteiger charge is -2.10. The molecule has 0 fully saturated rings. The van der Waals surface area contributed by atoms with Crippen molar-refractivity contribution in [2.24, 2.45) is 0 Å². The molecular formula is C25H19NO. The van der Waals surface area contributed by atoms with E-state index in [-0.39, 0.29) is 0 Å². The zero-order valence-corrected chi connectivity index (χ0v) is 14.8. The van der Waals surface area contributed by atoms with Gasteiger partial charge in [0, 0.05) is 28.4 Å². The third-order valence-corrected chi connectivity index (χ3v) is 5.15. The molecule has 0 bridgehead atoms. The van der Waals surface area contributed by atoms with Gasteiger partial charge in [0.05, 0.1) is 0 Å². The Hall–Kier alpha value is -3.52.